The van der Waals surface area contributed by atoms with Crippen LogP contribution in [-0.2, 0) is 4.84 Å². The van der Waals surface area contributed by atoms with Crippen LogP contribution >= 0.6 is 0 Å². The molecule has 0 spiro atoms. The second-order valence-corrected chi connectivity index (χ2v) is 7.20. The lowest BCUT2D eigenvalue weighted by molar-refractivity contribution is -0.0959. The fourth-order valence-electron chi connectivity index (χ4n) is 4.44. The van der Waals surface area contributed by atoms with Crippen LogP contribution in [-0.4, -0.2) is 35.1 Å². The quantitative estimate of drug-likeness (QED) is 0.496. The summed E-state index contributed by atoms with van der Waals surface area (Å²) in [5.41, 5.74) is 5.89. The van der Waals surface area contributed by atoms with Gasteiger partial charge in [0.1, 0.15) is 6.61 Å². The third-order valence-electron chi connectivity index (χ3n) is 6.03. The zero-order chi connectivity index (χ0) is 16.3. The van der Waals surface area contributed by atoms with Gasteiger partial charge in [-0.1, -0.05) is 18.1 Å². The van der Waals surface area contributed by atoms with Crippen molar-refractivity contribution in [1.29, 1.82) is 0 Å². The molecule has 5 nitrogen and oxygen atoms in total. The topological polar surface area (TPSA) is 80.7 Å². The average molecular weight is 317 g/mol. The number of aromatic nitrogens is 1. The summed E-state index contributed by atoms with van der Waals surface area (Å²) >= 11 is 0. The Balaban J connectivity index is 1.72. The highest BCUT2D eigenvalue weighted by atomic mass is 16.6. The SMILES string of the molecule is C[C@]12CC[C@H](c3cccnc3)C[C@@]1(O)CC[C@@H]2C=NOCCN. The lowest BCUT2D eigenvalue weighted by Gasteiger charge is -2.48. The van der Waals surface area contributed by atoms with Crippen LogP contribution in [0.2, 0.25) is 0 Å². The van der Waals surface area contributed by atoms with E-state index in [1.165, 1.54) is 5.56 Å². The molecule has 5 heteroatoms. The van der Waals surface area contributed by atoms with Crippen molar-refractivity contribution in [3.63, 3.8) is 0 Å². The number of aliphatic hydroxyl groups is 1. The highest BCUT2D eigenvalue weighted by Crippen LogP contribution is 2.60. The van der Waals surface area contributed by atoms with Gasteiger partial charge in [-0.15, -0.1) is 0 Å². The third-order valence-corrected chi connectivity index (χ3v) is 6.03. The Morgan fingerprint density at radius 3 is 3.09 bits per heavy atom. The van der Waals surface area contributed by atoms with Crippen LogP contribution < -0.4 is 5.73 Å². The molecule has 23 heavy (non-hydrogen) atoms. The van der Waals surface area contributed by atoms with Gasteiger partial charge in [0.05, 0.1) is 5.60 Å². The molecule has 2 aliphatic carbocycles. The summed E-state index contributed by atoms with van der Waals surface area (Å²) in [5, 5.41) is 15.4. The van der Waals surface area contributed by atoms with Crippen molar-refractivity contribution in [1.82, 2.24) is 4.98 Å². The number of rotatable bonds is 5. The lowest BCUT2D eigenvalue weighted by Crippen LogP contribution is -2.49. The first-order valence-electron chi connectivity index (χ1n) is 8.57. The molecule has 0 aliphatic heterocycles. The Morgan fingerprint density at radius 2 is 2.35 bits per heavy atom. The molecular weight excluding hydrogens is 290 g/mol. The first-order chi connectivity index (χ1) is 11.1. The standard InChI is InChI=1S/C18H27N3O2/c1-17-6-4-14(15-3-2-9-20-12-15)11-18(17,22)7-5-16(17)13-21-23-10-8-19/h2-3,9,12-14,16,22H,4-8,10-11,19H2,1H3/t14-,16+,17+,18-/m0/s1. The van der Waals surface area contributed by atoms with Gasteiger partial charge >= 0.3 is 0 Å². The molecule has 0 aromatic carbocycles. The molecule has 126 valence electrons. The zero-order valence-electron chi connectivity index (χ0n) is 13.8. The van der Waals surface area contributed by atoms with Crippen LogP contribution in [0.15, 0.2) is 29.7 Å². The first kappa shape index (κ1) is 16.4. The summed E-state index contributed by atoms with van der Waals surface area (Å²) in [6.45, 7) is 3.11. The van der Waals surface area contributed by atoms with E-state index in [1.807, 2.05) is 18.5 Å². The zero-order valence-corrected chi connectivity index (χ0v) is 13.8. The van der Waals surface area contributed by atoms with Crippen LogP contribution in [0.3, 0.4) is 0 Å². The van der Waals surface area contributed by atoms with E-state index < -0.39 is 5.60 Å². The maximum absolute atomic E-state index is 11.3. The fourth-order valence-corrected chi connectivity index (χ4v) is 4.44. The van der Waals surface area contributed by atoms with Crippen molar-refractivity contribution >= 4 is 6.21 Å². The van der Waals surface area contributed by atoms with Crippen LogP contribution in [0, 0.1) is 11.3 Å². The summed E-state index contributed by atoms with van der Waals surface area (Å²) in [4.78, 5) is 9.38. The largest absolute Gasteiger partial charge is 0.395 e. The summed E-state index contributed by atoms with van der Waals surface area (Å²) in [6, 6.07) is 4.10. The van der Waals surface area contributed by atoms with Gasteiger partial charge in [0.15, 0.2) is 0 Å². The van der Waals surface area contributed by atoms with E-state index in [1.54, 1.807) is 6.20 Å². The van der Waals surface area contributed by atoms with Crippen LogP contribution in [0.25, 0.3) is 0 Å². The van der Waals surface area contributed by atoms with Gasteiger partial charge in [0, 0.05) is 36.5 Å². The van der Waals surface area contributed by atoms with Crippen molar-refractivity contribution in [3.05, 3.63) is 30.1 Å². The highest BCUT2D eigenvalue weighted by molar-refractivity contribution is 5.62. The van der Waals surface area contributed by atoms with E-state index in [0.29, 0.717) is 19.1 Å². The second-order valence-electron chi connectivity index (χ2n) is 7.20. The Bertz CT molecular complexity index is 550. The predicted octanol–water partition coefficient (Wildman–Crippen LogP) is 2.46. The molecule has 0 amide bonds. The summed E-state index contributed by atoms with van der Waals surface area (Å²) in [6.07, 6.45) is 10.3. The monoisotopic (exact) mass is 317 g/mol. The molecular formula is C18H27N3O2. The maximum Gasteiger partial charge on any atom is 0.129 e. The van der Waals surface area contributed by atoms with Crippen molar-refractivity contribution in [2.45, 2.75) is 50.5 Å². The number of fused-ring (bicyclic) bond motifs is 1. The van der Waals surface area contributed by atoms with Crippen molar-refractivity contribution < 1.29 is 9.94 Å². The molecule has 0 radical (unpaired) electrons. The molecule has 0 unspecified atom stereocenters. The van der Waals surface area contributed by atoms with Gasteiger partial charge < -0.3 is 15.7 Å². The van der Waals surface area contributed by atoms with E-state index >= 15 is 0 Å². The Morgan fingerprint density at radius 1 is 1.48 bits per heavy atom. The van der Waals surface area contributed by atoms with E-state index in [9.17, 15) is 5.11 Å². The van der Waals surface area contributed by atoms with E-state index in [0.717, 1.165) is 32.1 Å². The van der Waals surface area contributed by atoms with Gasteiger partial charge in [-0.25, -0.2) is 0 Å². The number of oxime groups is 1. The first-order valence-corrected chi connectivity index (χ1v) is 8.57. The molecule has 3 rings (SSSR count). The van der Waals surface area contributed by atoms with Gasteiger partial charge in [0.25, 0.3) is 0 Å². The summed E-state index contributed by atoms with van der Waals surface area (Å²) in [5.74, 6) is 0.658. The molecule has 0 saturated heterocycles. The van der Waals surface area contributed by atoms with Gasteiger partial charge in [-0.05, 0) is 49.7 Å². The number of nitrogens with zero attached hydrogens (tertiary/aromatic N) is 2. The normalized spacial score (nSPS) is 37.0. The van der Waals surface area contributed by atoms with E-state index in [2.05, 4.69) is 23.1 Å². The molecule has 2 aliphatic rings. The van der Waals surface area contributed by atoms with Crippen LogP contribution in [0.4, 0.5) is 0 Å². The minimum Gasteiger partial charge on any atom is -0.395 e. The summed E-state index contributed by atoms with van der Waals surface area (Å²) in [7, 11) is 0. The highest BCUT2D eigenvalue weighted by Gasteiger charge is 2.58. The number of nitrogens with two attached hydrogens (primary N) is 1. The van der Waals surface area contributed by atoms with Crippen molar-refractivity contribution in [3.8, 4) is 0 Å². The predicted molar refractivity (Wildman–Crippen MR) is 90.1 cm³/mol. The minimum atomic E-state index is -0.629. The van der Waals surface area contributed by atoms with Crippen LogP contribution in [0.5, 0.6) is 0 Å². The second kappa shape index (κ2) is 6.57. The van der Waals surface area contributed by atoms with Gasteiger partial charge in [0.2, 0.25) is 0 Å². The summed E-state index contributed by atoms with van der Waals surface area (Å²) < 4.78 is 0. The molecule has 1 aromatic rings. The average Bonchev–Trinajstić information content (AvgIpc) is 2.83. The van der Waals surface area contributed by atoms with Gasteiger partial charge in [-0.2, -0.15) is 0 Å². The molecule has 2 fully saturated rings. The minimum absolute atomic E-state index is 0.124. The van der Waals surface area contributed by atoms with Crippen LogP contribution in [0.1, 0.15) is 50.5 Å². The fraction of sp³-hybridized carbons (Fsp3) is 0.667. The number of hydrogen-bond acceptors (Lipinski definition) is 5. The molecule has 1 heterocycles. The molecule has 3 N–H and O–H groups in total. The molecule has 2 saturated carbocycles. The maximum atomic E-state index is 11.3. The Hall–Kier alpha value is -1.46. The molecule has 1 aromatic heterocycles. The van der Waals surface area contributed by atoms with Crippen molar-refractivity contribution in [2.24, 2.45) is 22.2 Å². The Labute approximate surface area is 137 Å². The Kier molecular flexibility index (Phi) is 4.69. The molecule has 0 bridgehead atoms. The lowest BCUT2D eigenvalue weighted by atomic mass is 9.59. The van der Waals surface area contributed by atoms with Gasteiger partial charge in [-0.3, -0.25) is 4.98 Å². The van der Waals surface area contributed by atoms with Crippen molar-refractivity contribution in [2.75, 3.05) is 13.2 Å². The third kappa shape index (κ3) is 3.00. The van der Waals surface area contributed by atoms with E-state index in [-0.39, 0.29) is 11.3 Å². The van der Waals surface area contributed by atoms with E-state index in [4.69, 9.17) is 10.6 Å². The number of pyridine rings is 1. The smallest absolute Gasteiger partial charge is 0.129 e. The number of hydrogen-bond donors (Lipinski definition) is 2. The molecule has 4 atom stereocenters.